The maximum absolute atomic E-state index is 11.9. The number of aliphatic carboxylic acids is 2. The number of pyridine rings is 1. The first-order valence-corrected chi connectivity index (χ1v) is 7.26. The van der Waals surface area contributed by atoms with Crippen molar-refractivity contribution < 1.29 is 24.9 Å². The van der Waals surface area contributed by atoms with Crippen molar-refractivity contribution in [2.75, 3.05) is 13.2 Å². The van der Waals surface area contributed by atoms with Gasteiger partial charge < -0.3 is 25.6 Å². The van der Waals surface area contributed by atoms with Gasteiger partial charge in [-0.15, -0.1) is 0 Å². The molecule has 1 aromatic heterocycles. The fourth-order valence-corrected chi connectivity index (χ4v) is 1.99. The number of hydrogen-bond acceptors (Lipinski definition) is 5. The average Bonchev–Trinajstić information content (AvgIpc) is 2.53. The van der Waals surface area contributed by atoms with Crippen molar-refractivity contribution in [2.45, 2.75) is 19.9 Å². The minimum atomic E-state index is -1.82. The van der Waals surface area contributed by atoms with Crippen molar-refractivity contribution in [3.05, 3.63) is 45.7 Å². The molecular weight excluding hydrogens is 316 g/mol. The highest BCUT2D eigenvalue weighted by atomic mass is 16.4. The second-order valence-corrected chi connectivity index (χ2v) is 5.03. The molecule has 0 aliphatic carbocycles. The van der Waals surface area contributed by atoms with Gasteiger partial charge in [0, 0.05) is 18.7 Å². The van der Waals surface area contributed by atoms with Crippen LogP contribution in [0.4, 0.5) is 0 Å². The van der Waals surface area contributed by atoms with Gasteiger partial charge in [0.2, 0.25) is 0 Å². The second kappa shape index (κ2) is 9.43. The summed E-state index contributed by atoms with van der Waals surface area (Å²) in [4.78, 5) is 33.0. The first-order chi connectivity index (χ1) is 11.4. The van der Waals surface area contributed by atoms with E-state index in [9.17, 15) is 4.79 Å². The topological polar surface area (TPSA) is 140 Å². The summed E-state index contributed by atoms with van der Waals surface area (Å²) in [7, 11) is 0. The van der Waals surface area contributed by atoms with Gasteiger partial charge in [0.05, 0.1) is 5.52 Å². The minimum Gasteiger partial charge on any atom is -0.473 e. The van der Waals surface area contributed by atoms with Crippen molar-refractivity contribution in [3.8, 4) is 0 Å². The predicted octanol–water partition coefficient (Wildman–Crippen LogP) is 0.464. The van der Waals surface area contributed by atoms with E-state index in [0.717, 1.165) is 22.0 Å². The summed E-state index contributed by atoms with van der Waals surface area (Å²) in [5.74, 6) is -3.65. The van der Waals surface area contributed by atoms with Crippen molar-refractivity contribution in [3.63, 3.8) is 0 Å². The average molecular weight is 336 g/mol. The normalized spacial score (nSPS) is 10.1. The summed E-state index contributed by atoms with van der Waals surface area (Å²) in [6.07, 6.45) is 0.699. The van der Waals surface area contributed by atoms with Crippen LogP contribution in [0.15, 0.2) is 29.1 Å². The van der Waals surface area contributed by atoms with Crippen molar-refractivity contribution >= 4 is 22.8 Å². The van der Waals surface area contributed by atoms with Gasteiger partial charge in [-0.3, -0.25) is 4.79 Å². The molecule has 1 aromatic carbocycles. The zero-order valence-corrected chi connectivity index (χ0v) is 13.2. The number of aryl methyl sites for hydroxylation is 1. The molecule has 0 atom stereocenters. The lowest BCUT2D eigenvalue weighted by Gasteiger charge is -2.06. The van der Waals surface area contributed by atoms with Gasteiger partial charge >= 0.3 is 11.9 Å². The van der Waals surface area contributed by atoms with E-state index in [1.165, 1.54) is 0 Å². The highest BCUT2D eigenvalue weighted by Crippen LogP contribution is 2.14. The van der Waals surface area contributed by atoms with Gasteiger partial charge in [-0.25, -0.2) is 9.59 Å². The number of rotatable bonds is 5. The summed E-state index contributed by atoms with van der Waals surface area (Å²) in [5.41, 5.74) is 2.66. The number of aromatic amines is 1. The largest absolute Gasteiger partial charge is 0.473 e. The number of aliphatic hydroxyl groups is 1. The lowest BCUT2D eigenvalue weighted by atomic mass is 10.1. The molecular formula is C16H20N2O6. The molecule has 2 rings (SSSR count). The van der Waals surface area contributed by atoms with Gasteiger partial charge in [0.25, 0.3) is 5.56 Å². The van der Waals surface area contributed by atoms with E-state index in [2.05, 4.69) is 10.3 Å². The molecule has 8 heteroatoms. The van der Waals surface area contributed by atoms with Gasteiger partial charge in [-0.2, -0.15) is 0 Å². The zero-order valence-electron chi connectivity index (χ0n) is 13.2. The number of H-pyrrole nitrogens is 1. The fraction of sp³-hybridized carbons (Fsp3) is 0.312. The first-order valence-electron chi connectivity index (χ1n) is 7.26. The van der Waals surface area contributed by atoms with Crippen LogP contribution < -0.4 is 10.9 Å². The van der Waals surface area contributed by atoms with Crippen LogP contribution in [0.1, 0.15) is 17.5 Å². The van der Waals surface area contributed by atoms with E-state index in [0.29, 0.717) is 19.5 Å². The number of para-hydroxylation sites is 1. The van der Waals surface area contributed by atoms with E-state index in [4.69, 9.17) is 24.9 Å². The van der Waals surface area contributed by atoms with E-state index in [1.807, 2.05) is 31.2 Å². The standard InChI is InChI=1S/C14H18N2O2.C2H2O4/c1-10-4-2-5-11-8-12(9-15-6-3-7-17)14(18)16-13(10)11;3-1(4)2(5)6/h2,4-5,8,15,17H,3,6-7,9H2,1H3,(H,16,18);(H,3,4)(H,5,6). The van der Waals surface area contributed by atoms with Crippen LogP contribution in [0.3, 0.4) is 0 Å². The Hall–Kier alpha value is -2.71. The van der Waals surface area contributed by atoms with E-state index in [1.54, 1.807) is 0 Å². The summed E-state index contributed by atoms with van der Waals surface area (Å²) in [6.45, 7) is 3.39. The Labute approximate surface area is 137 Å². The molecule has 0 fully saturated rings. The number of benzene rings is 1. The highest BCUT2D eigenvalue weighted by Gasteiger charge is 2.04. The Morgan fingerprint density at radius 3 is 2.46 bits per heavy atom. The summed E-state index contributed by atoms with van der Waals surface area (Å²) >= 11 is 0. The Morgan fingerprint density at radius 1 is 1.21 bits per heavy atom. The molecule has 24 heavy (non-hydrogen) atoms. The number of aromatic nitrogens is 1. The molecule has 0 radical (unpaired) electrons. The molecule has 0 amide bonds. The number of carboxylic acids is 2. The van der Waals surface area contributed by atoms with E-state index >= 15 is 0 Å². The van der Waals surface area contributed by atoms with Crippen LogP contribution in [-0.2, 0) is 16.1 Å². The molecule has 0 aliphatic heterocycles. The maximum atomic E-state index is 11.9. The Kier molecular flexibility index (Phi) is 7.60. The molecule has 1 heterocycles. The third kappa shape index (κ3) is 5.82. The number of hydrogen-bond donors (Lipinski definition) is 5. The quantitative estimate of drug-likeness (QED) is 0.395. The first kappa shape index (κ1) is 19.3. The van der Waals surface area contributed by atoms with Crippen LogP contribution in [0.25, 0.3) is 10.9 Å². The number of aliphatic hydroxyl groups excluding tert-OH is 1. The Balaban J connectivity index is 0.000000413. The monoisotopic (exact) mass is 336 g/mol. The molecule has 0 spiro atoms. The minimum absolute atomic E-state index is 0.0479. The third-order valence-electron chi connectivity index (χ3n) is 3.18. The summed E-state index contributed by atoms with van der Waals surface area (Å²) in [5, 5.41) is 27.7. The molecule has 0 unspecified atom stereocenters. The second-order valence-electron chi connectivity index (χ2n) is 5.03. The van der Waals surface area contributed by atoms with Crippen LogP contribution in [-0.4, -0.2) is 45.4 Å². The molecule has 0 bridgehead atoms. The van der Waals surface area contributed by atoms with Crippen LogP contribution in [0.2, 0.25) is 0 Å². The van der Waals surface area contributed by atoms with Crippen LogP contribution in [0.5, 0.6) is 0 Å². The molecule has 8 nitrogen and oxygen atoms in total. The van der Waals surface area contributed by atoms with E-state index in [-0.39, 0.29) is 12.2 Å². The van der Waals surface area contributed by atoms with Crippen LogP contribution in [0, 0.1) is 6.92 Å². The smallest absolute Gasteiger partial charge is 0.414 e. The molecule has 0 saturated carbocycles. The molecule has 2 aromatic rings. The van der Waals surface area contributed by atoms with Gasteiger partial charge in [-0.1, -0.05) is 18.2 Å². The van der Waals surface area contributed by atoms with Crippen molar-refractivity contribution in [1.82, 2.24) is 10.3 Å². The van der Waals surface area contributed by atoms with Crippen LogP contribution >= 0.6 is 0 Å². The van der Waals surface area contributed by atoms with E-state index < -0.39 is 11.9 Å². The van der Waals surface area contributed by atoms with Gasteiger partial charge in [-0.05, 0) is 36.9 Å². The third-order valence-corrected chi connectivity index (χ3v) is 3.18. The number of carboxylic acid groups (broad SMARTS) is 2. The summed E-state index contributed by atoms with van der Waals surface area (Å²) in [6, 6.07) is 7.89. The van der Waals surface area contributed by atoms with Crippen molar-refractivity contribution in [2.24, 2.45) is 0 Å². The number of fused-ring (bicyclic) bond motifs is 1. The molecule has 5 N–H and O–H groups in total. The number of carbonyl (C=O) groups is 2. The Morgan fingerprint density at radius 2 is 1.88 bits per heavy atom. The zero-order chi connectivity index (χ0) is 18.1. The number of nitrogens with one attached hydrogen (secondary N) is 2. The summed E-state index contributed by atoms with van der Waals surface area (Å²) < 4.78 is 0. The Bertz CT molecular complexity index is 757. The predicted molar refractivity (Wildman–Crippen MR) is 88.0 cm³/mol. The van der Waals surface area contributed by atoms with Crippen molar-refractivity contribution in [1.29, 1.82) is 0 Å². The molecule has 130 valence electrons. The molecule has 0 saturated heterocycles. The van der Waals surface area contributed by atoms with Gasteiger partial charge in [0.1, 0.15) is 0 Å². The highest BCUT2D eigenvalue weighted by molar-refractivity contribution is 6.27. The maximum Gasteiger partial charge on any atom is 0.414 e. The fourth-order valence-electron chi connectivity index (χ4n) is 1.99. The van der Waals surface area contributed by atoms with Gasteiger partial charge in [0.15, 0.2) is 0 Å². The lowest BCUT2D eigenvalue weighted by molar-refractivity contribution is -0.159. The SMILES string of the molecule is Cc1cccc2cc(CNCCCO)c(=O)[nH]c12.O=C(O)C(=O)O. The lowest BCUT2D eigenvalue weighted by Crippen LogP contribution is -2.22. The molecule has 0 aliphatic rings.